The zero-order valence-electron chi connectivity index (χ0n) is 15.3. The minimum atomic E-state index is -0.00702. The fourth-order valence-electron chi connectivity index (χ4n) is 3.02. The van der Waals surface area contributed by atoms with Crippen molar-refractivity contribution in [2.45, 2.75) is 49.4 Å². The third kappa shape index (κ3) is 5.46. The minimum Gasteiger partial charge on any atom is -0.472 e. The number of hydrogen-bond acceptors (Lipinski definition) is 5. The molecule has 6 heteroatoms. The minimum absolute atomic E-state index is 0.00702. The van der Waals surface area contributed by atoms with E-state index in [1.807, 2.05) is 16.7 Å². The number of carbonyl (C=O) groups excluding carboxylic acids is 1. The highest BCUT2D eigenvalue weighted by atomic mass is 32.2. The maximum absolute atomic E-state index is 12.7. The van der Waals surface area contributed by atoms with Crippen LogP contribution in [0.2, 0.25) is 0 Å². The summed E-state index contributed by atoms with van der Waals surface area (Å²) in [6, 6.07) is 10.1. The summed E-state index contributed by atoms with van der Waals surface area (Å²) < 4.78 is 5.89. The van der Waals surface area contributed by atoms with E-state index in [9.17, 15) is 4.79 Å². The molecule has 0 bridgehead atoms. The third-order valence-electron chi connectivity index (χ3n) is 4.22. The normalized spacial score (nSPS) is 17.3. The van der Waals surface area contributed by atoms with Crippen molar-refractivity contribution in [3.63, 3.8) is 0 Å². The molecular weight excluding hydrogens is 346 g/mol. The summed E-state index contributed by atoms with van der Waals surface area (Å²) in [5.74, 6) is 0.725. The lowest BCUT2D eigenvalue weighted by Gasteiger charge is -2.32. The van der Waals surface area contributed by atoms with Gasteiger partial charge in [-0.05, 0) is 30.5 Å². The Morgan fingerprint density at radius 1 is 1.31 bits per heavy atom. The van der Waals surface area contributed by atoms with Crippen LogP contribution in [0.15, 0.2) is 47.8 Å². The molecule has 138 valence electrons. The molecule has 1 atom stereocenters. The van der Waals surface area contributed by atoms with Gasteiger partial charge in [-0.25, -0.2) is 9.97 Å². The van der Waals surface area contributed by atoms with Crippen LogP contribution in [0.1, 0.15) is 32.3 Å². The van der Waals surface area contributed by atoms with Crippen LogP contribution in [-0.2, 0) is 11.2 Å². The van der Waals surface area contributed by atoms with E-state index >= 15 is 0 Å². The molecule has 26 heavy (non-hydrogen) atoms. The van der Waals surface area contributed by atoms with Crippen molar-refractivity contribution in [2.24, 2.45) is 0 Å². The average molecular weight is 372 g/mol. The lowest BCUT2D eigenvalue weighted by molar-refractivity contribution is -0.133. The van der Waals surface area contributed by atoms with E-state index in [2.05, 4.69) is 48.1 Å². The zero-order chi connectivity index (χ0) is 18.4. The largest absolute Gasteiger partial charge is 0.472 e. The molecule has 0 spiro atoms. The number of thioether (sulfide) groups is 1. The summed E-state index contributed by atoms with van der Waals surface area (Å²) in [4.78, 5) is 23.8. The van der Waals surface area contributed by atoms with E-state index in [1.165, 1.54) is 11.2 Å². The number of ether oxygens (including phenoxy) is 1. The van der Waals surface area contributed by atoms with E-state index in [0.29, 0.717) is 24.1 Å². The number of benzene rings is 1. The number of piperidine rings is 1. The first-order chi connectivity index (χ1) is 12.6. The molecular formula is C20H25N3O2S. The number of carbonyl (C=O) groups is 1. The molecule has 5 nitrogen and oxygen atoms in total. The van der Waals surface area contributed by atoms with Gasteiger partial charge >= 0.3 is 0 Å². The molecule has 3 rings (SSSR count). The Kier molecular flexibility index (Phi) is 6.50. The standard InChI is InChI=1S/C20H25N3O2S/c1-15(2)26-18-7-5-16(6-8-18)12-20(24)23-11-3-4-17(13-23)25-19-9-10-21-14-22-19/h5-10,14-15,17H,3-4,11-13H2,1-2H3/t17-/m1/s1. The molecule has 1 aliphatic rings. The first kappa shape index (κ1) is 18.7. The molecule has 1 aromatic heterocycles. The van der Waals surface area contributed by atoms with E-state index in [4.69, 9.17) is 4.74 Å². The van der Waals surface area contributed by atoms with Crippen LogP contribution in [-0.4, -0.2) is 45.2 Å². The van der Waals surface area contributed by atoms with E-state index in [0.717, 1.165) is 24.9 Å². The molecule has 1 aliphatic heterocycles. The highest BCUT2D eigenvalue weighted by Gasteiger charge is 2.25. The van der Waals surface area contributed by atoms with Crippen LogP contribution in [0.25, 0.3) is 0 Å². The lowest BCUT2D eigenvalue weighted by atomic mass is 10.1. The van der Waals surface area contributed by atoms with Crippen molar-refractivity contribution in [3.8, 4) is 5.88 Å². The molecule has 1 aromatic carbocycles. The molecule has 2 aromatic rings. The second kappa shape index (κ2) is 9.03. The summed E-state index contributed by atoms with van der Waals surface area (Å²) in [6.45, 7) is 5.77. The third-order valence-corrected chi connectivity index (χ3v) is 5.24. The van der Waals surface area contributed by atoms with Crippen LogP contribution >= 0.6 is 11.8 Å². The van der Waals surface area contributed by atoms with Gasteiger partial charge in [-0.1, -0.05) is 26.0 Å². The van der Waals surface area contributed by atoms with Gasteiger partial charge < -0.3 is 9.64 Å². The van der Waals surface area contributed by atoms with E-state index < -0.39 is 0 Å². The average Bonchev–Trinajstić information content (AvgIpc) is 2.64. The molecule has 1 fully saturated rings. The van der Waals surface area contributed by atoms with Gasteiger partial charge in [-0.2, -0.15) is 0 Å². The molecule has 1 saturated heterocycles. The summed E-state index contributed by atoms with van der Waals surface area (Å²) in [5, 5.41) is 0.558. The Morgan fingerprint density at radius 2 is 2.12 bits per heavy atom. The Labute approximate surface area is 159 Å². The molecule has 0 radical (unpaired) electrons. The lowest BCUT2D eigenvalue weighted by Crippen LogP contribution is -2.45. The Bertz CT molecular complexity index is 707. The summed E-state index contributed by atoms with van der Waals surface area (Å²) in [7, 11) is 0. The van der Waals surface area contributed by atoms with Crippen LogP contribution in [0, 0.1) is 0 Å². The smallest absolute Gasteiger partial charge is 0.227 e. The molecule has 2 heterocycles. The molecule has 0 unspecified atom stereocenters. The first-order valence-corrected chi connectivity index (χ1v) is 9.94. The molecule has 0 aliphatic carbocycles. The number of likely N-dealkylation sites (tertiary alicyclic amines) is 1. The number of hydrogen-bond donors (Lipinski definition) is 0. The molecule has 0 saturated carbocycles. The number of amides is 1. The predicted molar refractivity (Wildman–Crippen MR) is 103 cm³/mol. The monoisotopic (exact) mass is 371 g/mol. The van der Waals surface area contributed by atoms with Crippen molar-refractivity contribution < 1.29 is 9.53 Å². The molecule has 0 N–H and O–H groups in total. The predicted octanol–water partition coefficient (Wildman–Crippen LogP) is 3.59. The van der Waals surface area contributed by atoms with Gasteiger partial charge in [-0.3, -0.25) is 4.79 Å². The van der Waals surface area contributed by atoms with Crippen LogP contribution in [0.5, 0.6) is 5.88 Å². The quantitative estimate of drug-likeness (QED) is 0.727. The zero-order valence-corrected chi connectivity index (χ0v) is 16.1. The number of nitrogens with zero attached hydrogens (tertiary/aromatic N) is 3. The van der Waals surface area contributed by atoms with Crippen molar-refractivity contribution >= 4 is 17.7 Å². The highest BCUT2D eigenvalue weighted by molar-refractivity contribution is 7.99. The fourth-order valence-corrected chi connectivity index (χ4v) is 3.86. The van der Waals surface area contributed by atoms with E-state index in [-0.39, 0.29) is 12.0 Å². The second-order valence-corrected chi connectivity index (χ2v) is 8.41. The maximum atomic E-state index is 12.7. The van der Waals surface area contributed by atoms with Crippen molar-refractivity contribution in [1.29, 1.82) is 0 Å². The first-order valence-electron chi connectivity index (χ1n) is 9.06. The second-order valence-electron chi connectivity index (χ2n) is 6.76. The van der Waals surface area contributed by atoms with E-state index in [1.54, 1.807) is 12.3 Å². The van der Waals surface area contributed by atoms with Gasteiger partial charge in [0, 0.05) is 29.0 Å². The van der Waals surface area contributed by atoms with Crippen LogP contribution in [0.3, 0.4) is 0 Å². The van der Waals surface area contributed by atoms with Gasteiger partial charge in [-0.15, -0.1) is 11.8 Å². The van der Waals surface area contributed by atoms with Crippen molar-refractivity contribution in [2.75, 3.05) is 13.1 Å². The van der Waals surface area contributed by atoms with Crippen LogP contribution < -0.4 is 4.74 Å². The highest BCUT2D eigenvalue weighted by Crippen LogP contribution is 2.23. The summed E-state index contributed by atoms with van der Waals surface area (Å²) in [5.41, 5.74) is 1.06. The summed E-state index contributed by atoms with van der Waals surface area (Å²) >= 11 is 1.83. The van der Waals surface area contributed by atoms with Crippen molar-refractivity contribution in [3.05, 3.63) is 48.4 Å². The fraction of sp³-hybridized carbons (Fsp3) is 0.450. The van der Waals surface area contributed by atoms with Gasteiger partial charge in [0.05, 0.1) is 13.0 Å². The summed E-state index contributed by atoms with van der Waals surface area (Å²) in [6.07, 6.45) is 5.46. The SMILES string of the molecule is CC(C)Sc1ccc(CC(=O)N2CCC[C@@H](Oc3ccncn3)C2)cc1. The Hall–Kier alpha value is -2.08. The maximum Gasteiger partial charge on any atom is 0.227 e. The topological polar surface area (TPSA) is 55.3 Å². The van der Waals surface area contributed by atoms with Gasteiger partial charge in [0.2, 0.25) is 11.8 Å². The molecule has 1 amide bonds. The van der Waals surface area contributed by atoms with Gasteiger partial charge in [0.1, 0.15) is 12.4 Å². The number of aromatic nitrogens is 2. The van der Waals surface area contributed by atoms with Crippen molar-refractivity contribution in [1.82, 2.24) is 14.9 Å². The van der Waals surface area contributed by atoms with Crippen LogP contribution in [0.4, 0.5) is 0 Å². The Morgan fingerprint density at radius 3 is 2.81 bits per heavy atom. The number of rotatable bonds is 6. The van der Waals surface area contributed by atoms with Gasteiger partial charge in [0.15, 0.2) is 0 Å². The van der Waals surface area contributed by atoms with Gasteiger partial charge in [0.25, 0.3) is 0 Å². The Balaban J connectivity index is 1.54.